The monoisotopic (exact) mass is 458 g/mol. The van der Waals surface area contributed by atoms with E-state index in [-0.39, 0.29) is 22.9 Å². The number of hydrogen-bond donors (Lipinski definition) is 1. The third-order valence-electron chi connectivity index (χ3n) is 5.99. The Hall–Kier alpha value is -3.37. The molecular formula is C28H27ClN2O2. The van der Waals surface area contributed by atoms with E-state index in [0.717, 1.165) is 16.8 Å². The van der Waals surface area contributed by atoms with Crippen molar-refractivity contribution in [3.63, 3.8) is 0 Å². The highest BCUT2D eigenvalue weighted by Gasteiger charge is 2.40. The zero-order valence-corrected chi connectivity index (χ0v) is 20.2. The van der Waals surface area contributed by atoms with Crippen LogP contribution in [0, 0.1) is 13.8 Å². The second-order valence-corrected chi connectivity index (χ2v) is 9.86. The van der Waals surface area contributed by atoms with Gasteiger partial charge in [-0.1, -0.05) is 62.7 Å². The average molecular weight is 459 g/mol. The lowest BCUT2D eigenvalue weighted by atomic mass is 9.87. The summed E-state index contributed by atoms with van der Waals surface area (Å²) in [5, 5.41) is 3.79. The van der Waals surface area contributed by atoms with Gasteiger partial charge in [0.25, 0.3) is 11.8 Å². The van der Waals surface area contributed by atoms with Gasteiger partial charge in [0.15, 0.2) is 0 Å². The predicted octanol–water partition coefficient (Wildman–Crippen LogP) is 6.65. The van der Waals surface area contributed by atoms with Crippen molar-refractivity contribution in [1.29, 1.82) is 0 Å². The van der Waals surface area contributed by atoms with Crippen LogP contribution in [0.3, 0.4) is 0 Å². The maximum Gasteiger partial charge on any atom is 0.282 e. The summed E-state index contributed by atoms with van der Waals surface area (Å²) in [5.74, 6) is -0.743. The number of amides is 2. The number of aryl methyl sites for hydroxylation is 2. The summed E-state index contributed by atoms with van der Waals surface area (Å²) >= 11 is 6.06. The summed E-state index contributed by atoms with van der Waals surface area (Å²) in [7, 11) is 0. The average Bonchev–Trinajstić information content (AvgIpc) is 3.00. The third-order valence-corrected chi connectivity index (χ3v) is 6.24. The van der Waals surface area contributed by atoms with Gasteiger partial charge in [-0.2, -0.15) is 0 Å². The minimum Gasteiger partial charge on any atom is -0.350 e. The van der Waals surface area contributed by atoms with Crippen LogP contribution in [0.15, 0.2) is 72.4 Å². The first kappa shape index (κ1) is 22.8. The fourth-order valence-corrected chi connectivity index (χ4v) is 3.95. The minimum atomic E-state index is -0.381. The molecule has 0 unspecified atom stereocenters. The maximum absolute atomic E-state index is 13.6. The van der Waals surface area contributed by atoms with Gasteiger partial charge in [-0.05, 0) is 77.9 Å². The van der Waals surface area contributed by atoms with Crippen LogP contribution in [0.25, 0.3) is 5.57 Å². The fraction of sp³-hybridized carbons (Fsp3) is 0.214. The Labute approximate surface area is 199 Å². The zero-order chi connectivity index (χ0) is 23.9. The van der Waals surface area contributed by atoms with Crippen molar-refractivity contribution in [1.82, 2.24) is 0 Å². The standard InChI is InChI=1S/C28H27ClN2O2/c1-17-6-15-23(16-18(17)2)31-26(32)24(19-7-11-21(29)12-8-19)25(27(31)33)30-22-13-9-20(10-14-22)28(3,4)5/h6-16,30H,1-5H3. The molecule has 4 nitrogen and oxygen atoms in total. The Morgan fingerprint density at radius 1 is 0.788 bits per heavy atom. The topological polar surface area (TPSA) is 49.4 Å². The number of carbonyl (C=O) groups excluding carboxylic acids is 2. The Bertz CT molecular complexity index is 1270. The normalized spacial score (nSPS) is 14.3. The van der Waals surface area contributed by atoms with Gasteiger partial charge in [0, 0.05) is 10.7 Å². The molecule has 5 heteroatoms. The van der Waals surface area contributed by atoms with E-state index in [1.54, 1.807) is 30.3 Å². The summed E-state index contributed by atoms with van der Waals surface area (Å²) in [6.07, 6.45) is 0. The number of halogens is 1. The van der Waals surface area contributed by atoms with Crippen molar-refractivity contribution < 1.29 is 9.59 Å². The first-order chi connectivity index (χ1) is 15.6. The molecule has 0 aliphatic carbocycles. The lowest BCUT2D eigenvalue weighted by Crippen LogP contribution is -2.32. The van der Waals surface area contributed by atoms with Crippen molar-refractivity contribution in [2.45, 2.75) is 40.0 Å². The van der Waals surface area contributed by atoms with Crippen molar-refractivity contribution in [2.24, 2.45) is 0 Å². The highest BCUT2D eigenvalue weighted by atomic mass is 35.5. The summed E-state index contributed by atoms with van der Waals surface area (Å²) in [6, 6.07) is 20.5. The Morgan fingerprint density at radius 2 is 1.42 bits per heavy atom. The predicted molar refractivity (Wildman–Crippen MR) is 136 cm³/mol. The second-order valence-electron chi connectivity index (χ2n) is 9.42. The summed E-state index contributed by atoms with van der Waals surface area (Å²) in [5.41, 5.74) is 5.83. The van der Waals surface area contributed by atoms with E-state index in [1.165, 1.54) is 10.5 Å². The molecule has 1 aliphatic heterocycles. The van der Waals surface area contributed by atoms with E-state index in [1.807, 2.05) is 50.2 Å². The first-order valence-corrected chi connectivity index (χ1v) is 11.3. The molecule has 3 aromatic carbocycles. The highest BCUT2D eigenvalue weighted by molar-refractivity contribution is 6.46. The minimum absolute atomic E-state index is 0.0194. The number of benzene rings is 3. The van der Waals surface area contributed by atoms with Gasteiger partial charge in [-0.15, -0.1) is 0 Å². The summed E-state index contributed by atoms with van der Waals surface area (Å²) in [6.45, 7) is 10.4. The first-order valence-electron chi connectivity index (χ1n) is 10.9. The molecule has 1 heterocycles. The van der Waals surface area contributed by atoms with Gasteiger partial charge in [0.05, 0.1) is 11.3 Å². The van der Waals surface area contributed by atoms with Crippen LogP contribution in [-0.4, -0.2) is 11.8 Å². The van der Waals surface area contributed by atoms with Gasteiger partial charge in [0.2, 0.25) is 0 Å². The van der Waals surface area contributed by atoms with Crippen LogP contribution in [0.1, 0.15) is 43.0 Å². The second kappa shape index (κ2) is 8.53. The van der Waals surface area contributed by atoms with Crippen LogP contribution in [0.5, 0.6) is 0 Å². The molecule has 1 aliphatic rings. The van der Waals surface area contributed by atoms with Crippen LogP contribution >= 0.6 is 11.6 Å². The van der Waals surface area contributed by atoms with E-state index < -0.39 is 0 Å². The SMILES string of the molecule is Cc1ccc(N2C(=O)C(Nc3ccc(C(C)(C)C)cc3)=C(c3ccc(Cl)cc3)C2=O)cc1C. The fourth-order valence-electron chi connectivity index (χ4n) is 3.83. The quantitative estimate of drug-likeness (QED) is 0.445. The molecule has 0 aromatic heterocycles. The van der Waals surface area contributed by atoms with E-state index in [9.17, 15) is 9.59 Å². The summed E-state index contributed by atoms with van der Waals surface area (Å²) in [4.78, 5) is 28.3. The van der Waals surface area contributed by atoms with Gasteiger partial charge in [-0.3, -0.25) is 9.59 Å². The largest absolute Gasteiger partial charge is 0.350 e. The number of carbonyl (C=O) groups is 2. The van der Waals surface area contributed by atoms with Crippen LogP contribution in [0.2, 0.25) is 5.02 Å². The van der Waals surface area contributed by atoms with E-state index in [4.69, 9.17) is 11.6 Å². The van der Waals surface area contributed by atoms with E-state index >= 15 is 0 Å². The third kappa shape index (κ3) is 4.44. The van der Waals surface area contributed by atoms with Gasteiger partial charge in [0.1, 0.15) is 5.70 Å². The molecule has 0 spiro atoms. The smallest absolute Gasteiger partial charge is 0.282 e. The maximum atomic E-state index is 13.6. The Kier molecular flexibility index (Phi) is 5.89. The van der Waals surface area contributed by atoms with Gasteiger partial charge >= 0.3 is 0 Å². The number of hydrogen-bond acceptors (Lipinski definition) is 3. The molecular weight excluding hydrogens is 432 g/mol. The Balaban J connectivity index is 1.78. The lowest BCUT2D eigenvalue weighted by Gasteiger charge is -2.19. The molecule has 0 fully saturated rings. The van der Waals surface area contributed by atoms with Crippen LogP contribution < -0.4 is 10.2 Å². The molecule has 0 radical (unpaired) electrons. The molecule has 4 rings (SSSR count). The van der Waals surface area contributed by atoms with Crippen LogP contribution in [0.4, 0.5) is 11.4 Å². The molecule has 3 aromatic rings. The van der Waals surface area contributed by atoms with Crippen molar-refractivity contribution in [3.05, 3.63) is 99.7 Å². The van der Waals surface area contributed by atoms with E-state index in [2.05, 4.69) is 26.1 Å². The van der Waals surface area contributed by atoms with Crippen molar-refractivity contribution in [3.8, 4) is 0 Å². The Morgan fingerprint density at radius 3 is 2.00 bits per heavy atom. The molecule has 0 atom stereocenters. The van der Waals surface area contributed by atoms with Gasteiger partial charge < -0.3 is 5.32 Å². The molecule has 2 amide bonds. The van der Waals surface area contributed by atoms with Gasteiger partial charge in [-0.25, -0.2) is 4.90 Å². The molecule has 1 N–H and O–H groups in total. The molecule has 168 valence electrons. The molecule has 0 saturated carbocycles. The zero-order valence-electron chi connectivity index (χ0n) is 19.5. The van der Waals surface area contributed by atoms with E-state index in [0.29, 0.717) is 21.8 Å². The number of rotatable bonds is 4. The van der Waals surface area contributed by atoms with Crippen molar-refractivity contribution in [2.75, 3.05) is 10.2 Å². The number of anilines is 2. The molecule has 33 heavy (non-hydrogen) atoms. The number of nitrogens with zero attached hydrogens (tertiary/aromatic N) is 1. The summed E-state index contributed by atoms with van der Waals surface area (Å²) < 4.78 is 0. The number of imide groups is 1. The van der Waals surface area contributed by atoms with Crippen LogP contribution in [-0.2, 0) is 15.0 Å². The highest BCUT2D eigenvalue weighted by Crippen LogP contribution is 2.35. The lowest BCUT2D eigenvalue weighted by molar-refractivity contribution is -0.120. The molecule has 0 saturated heterocycles. The molecule has 0 bridgehead atoms. The number of nitrogens with one attached hydrogen (secondary N) is 1. The van der Waals surface area contributed by atoms with Crippen molar-refractivity contribution >= 4 is 40.4 Å².